The number of carbonyl (C=O) groups is 2. The number of amides is 1. The van der Waals surface area contributed by atoms with Crippen LogP contribution in [-0.2, 0) is 17.9 Å². The maximum absolute atomic E-state index is 11.9. The molecule has 1 aromatic carbocycles. The Labute approximate surface area is 128 Å². The maximum Gasteiger partial charge on any atom is 0.335 e. The summed E-state index contributed by atoms with van der Waals surface area (Å²) in [6, 6.07) is 4.92. The Kier molecular flexibility index (Phi) is 3.83. The van der Waals surface area contributed by atoms with Gasteiger partial charge in [0.2, 0.25) is 5.91 Å². The number of carboxylic acid groups (broad SMARTS) is 1. The zero-order chi connectivity index (χ0) is 15.7. The van der Waals surface area contributed by atoms with Crippen LogP contribution in [0.1, 0.15) is 42.4 Å². The smallest absolute Gasteiger partial charge is 0.335 e. The van der Waals surface area contributed by atoms with E-state index in [2.05, 4.69) is 10.3 Å². The highest BCUT2D eigenvalue weighted by Gasteiger charge is 2.25. The van der Waals surface area contributed by atoms with Gasteiger partial charge in [0.05, 0.1) is 23.1 Å². The fraction of sp³-hybridized carbons (Fsp3) is 0.438. The van der Waals surface area contributed by atoms with Crippen LogP contribution in [0.2, 0.25) is 0 Å². The summed E-state index contributed by atoms with van der Waals surface area (Å²) in [4.78, 5) is 27.5. The number of aryl methyl sites for hydroxylation is 1. The van der Waals surface area contributed by atoms with Gasteiger partial charge in [-0.2, -0.15) is 0 Å². The topological polar surface area (TPSA) is 84.2 Å². The highest BCUT2D eigenvalue weighted by Crippen LogP contribution is 2.26. The third-order valence-corrected chi connectivity index (χ3v) is 4.29. The number of aromatic carboxylic acids is 1. The number of nitrogens with one attached hydrogen (secondary N) is 1. The number of hydrogen-bond donors (Lipinski definition) is 2. The highest BCUT2D eigenvalue weighted by atomic mass is 16.4. The molecule has 1 aliphatic carbocycles. The molecule has 1 aromatic heterocycles. The highest BCUT2D eigenvalue weighted by molar-refractivity contribution is 5.92. The van der Waals surface area contributed by atoms with Gasteiger partial charge in [-0.3, -0.25) is 4.79 Å². The van der Waals surface area contributed by atoms with Gasteiger partial charge in [0.1, 0.15) is 5.82 Å². The molecular formula is C16H19N3O3. The average Bonchev–Trinajstić information content (AvgIpc) is 2.79. The van der Waals surface area contributed by atoms with Crippen LogP contribution >= 0.6 is 0 Å². The summed E-state index contributed by atoms with van der Waals surface area (Å²) in [5, 5.41) is 12.0. The van der Waals surface area contributed by atoms with Crippen molar-refractivity contribution in [3.63, 3.8) is 0 Å². The van der Waals surface area contributed by atoms with Crippen molar-refractivity contribution in [1.82, 2.24) is 14.9 Å². The van der Waals surface area contributed by atoms with E-state index in [0.29, 0.717) is 12.1 Å². The Hall–Kier alpha value is -2.37. The molecule has 1 fully saturated rings. The van der Waals surface area contributed by atoms with Gasteiger partial charge < -0.3 is 15.0 Å². The molecular weight excluding hydrogens is 282 g/mol. The first-order valence-electron chi connectivity index (χ1n) is 7.60. The van der Waals surface area contributed by atoms with Crippen molar-refractivity contribution >= 4 is 22.9 Å². The van der Waals surface area contributed by atoms with E-state index >= 15 is 0 Å². The van der Waals surface area contributed by atoms with Gasteiger partial charge in [0.15, 0.2) is 0 Å². The number of aromatic nitrogens is 2. The molecule has 0 bridgehead atoms. The lowest BCUT2D eigenvalue weighted by atomic mass is 9.85. The lowest BCUT2D eigenvalue weighted by molar-refractivity contribution is -0.127. The van der Waals surface area contributed by atoms with E-state index in [4.69, 9.17) is 5.11 Å². The van der Waals surface area contributed by atoms with Crippen molar-refractivity contribution in [3.05, 3.63) is 29.6 Å². The predicted molar refractivity (Wildman–Crippen MR) is 81.6 cm³/mol. The Morgan fingerprint density at radius 2 is 2.18 bits per heavy atom. The van der Waals surface area contributed by atoms with Crippen molar-refractivity contribution in [2.75, 3.05) is 0 Å². The monoisotopic (exact) mass is 301 g/mol. The van der Waals surface area contributed by atoms with E-state index in [-0.39, 0.29) is 17.4 Å². The largest absolute Gasteiger partial charge is 0.478 e. The van der Waals surface area contributed by atoms with Gasteiger partial charge in [0, 0.05) is 12.5 Å². The van der Waals surface area contributed by atoms with Crippen LogP contribution in [0.25, 0.3) is 11.0 Å². The molecule has 6 nitrogen and oxygen atoms in total. The summed E-state index contributed by atoms with van der Waals surface area (Å²) < 4.78 is 2.00. The minimum absolute atomic E-state index is 0.0900. The normalized spacial score (nSPS) is 14.8. The van der Waals surface area contributed by atoms with Crippen LogP contribution in [0.4, 0.5) is 0 Å². The van der Waals surface area contributed by atoms with E-state index in [1.165, 1.54) is 0 Å². The van der Waals surface area contributed by atoms with Gasteiger partial charge in [0.25, 0.3) is 0 Å². The third-order valence-electron chi connectivity index (χ3n) is 4.29. The van der Waals surface area contributed by atoms with Crippen molar-refractivity contribution in [3.8, 4) is 0 Å². The quantitative estimate of drug-likeness (QED) is 0.886. The molecule has 22 heavy (non-hydrogen) atoms. The number of imidazole rings is 1. The standard InChI is InChI=1S/C16H19N3O3/c1-2-19-13-7-6-11(16(21)22)8-12(13)18-14(19)9-17-15(20)10-4-3-5-10/h6-8,10H,2-5,9H2,1H3,(H,17,20)(H,21,22). The van der Waals surface area contributed by atoms with Crippen LogP contribution in [0.15, 0.2) is 18.2 Å². The number of hydrogen-bond acceptors (Lipinski definition) is 3. The summed E-state index contributed by atoms with van der Waals surface area (Å²) in [5.41, 5.74) is 1.76. The molecule has 0 unspecified atom stereocenters. The second-order valence-corrected chi connectivity index (χ2v) is 5.63. The molecule has 0 spiro atoms. The third kappa shape index (κ3) is 2.56. The number of carboxylic acids is 1. The zero-order valence-corrected chi connectivity index (χ0v) is 12.5. The van der Waals surface area contributed by atoms with Crippen molar-refractivity contribution in [2.24, 2.45) is 5.92 Å². The molecule has 1 heterocycles. The summed E-state index contributed by atoms with van der Waals surface area (Å²) in [5.74, 6) is 0.0331. The van der Waals surface area contributed by atoms with Gasteiger partial charge in [-0.15, -0.1) is 0 Å². The summed E-state index contributed by atoms with van der Waals surface area (Å²) in [7, 11) is 0. The number of fused-ring (bicyclic) bond motifs is 1. The second kappa shape index (κ2) is 5.79. The van der Waals surface area contributed by atoms with E-state index < -0.39 is 5.97 Å². The predicted octanol–water partition coefficient (Wildman–Crippen LogP) is 2.17. The molecule has 0 atom stereocenters. The van der Waals surface area contributed by atoms with Gasteiger partial charge in [-0.05, 0) is 38.0 Å². The minimum atomic E-state index is -0.965. The molecule has 3 rings (SSSR count). The molecule has 0 aliphatic heterocycles. The summed E-state index contributed by atoms with van der Waals surface area (Å²) >= 11 is 0. The second-order valence-electron chi connectivity index (χ2n) is 5.63. The molecule has 1 saturated carbocycles. The Morgan fingerprint density at radius 3 is 2.77 bits per heavy atom. The van der Waals surface area contributed by atoms with Crippen LogP contribution in [0, 0.1) is 5.92 Å². The van der Waals surface area contributed by atoms with E-state index in [0.717, 1.165) is 37.1 Å². The molecule has 6 heteroatoms. The lowest BCUT2D eigenvalue weighted by Crippen LogP contribution is -2.34. The van der Waals surface area contributed by atoms with Crippen LogP contribution < -0.4 is 5.32 Å². The SMILES string of the molecule is CCn1c(CNC(=O)C2CCC2)nc2cc(C(=O)O)ccc21. The van der Waals surface area contributed by atoms with Crippen LogP contribution in [0.5, 0.6) is 0 Å². The summed E-state index contributed by atoms with van der Waals surface area (Å²) in [6.45, 7) is 3.10. The Balaban J connectivity index is 1.84. The fourth-order valence-corrected chi connectivity index (χ4v) is 2.78. The molecule has 2 aromatic rings. The van der Waals surface area contributed by atoms with Crippen LogP contribution in [-0.4, -0.2) is 26.5 Å². The summed E-state index contributed by atoms with van der Waals surface area (Å²) in [6.07, 6.45) is 3.07. The molecule has 1 aliphatic rings. The minimum Gasteiger partial charge on any atom is -0.478 e. The van der Waals surface area contributed by atoms with Gasteiger partial charge >= 0.3 is 5.97 Å². The van der Waals surface area contributed by atoms with E-state index in [1.54, 1.807) is 18.2 Å². The van der Waals surface area contributed by atoms with Gasteiger partial charge in [-0.25, -0.2) is 9.78 Å². The zero-order valence-electron chi connectivity index (χ0n) is 12.5. The molecule has 2 N–H and O–H groups in total. The number of carbonyl (C=O) groups excluding carboxylic acids is 1. The number of nitrogens with zero attached hydrogens (tertiary/aromatic N) is 2. The first-order chi connectivity index (χ1) is 10.6. The average molecular weight is 301 g/mol. The Morgan fingerprint density at radius 1 is 1.41 bits per heavy atom. The first-order valence-corrected chi connectivity index (χ1v) is 7.60. The first kappa shape index (κ1) is 14.6. The van der Waals surface area contributed by atoms with E-state index in [9.17, 15) is 9.59 Å². The molecule has 116 valence electrons. The van der Waals surface area contributed by atoms with Crippen molar-refractivity contribution < 1.29 is 14.7 Å². The van der Waals surface area contributed by atoms with Crippen molar-refractivity contribution in [2.45, 2.75) is 39.3 Å². The van der Waals surface area contributed by atoms with Crippen molar-refractivity contribution in [1.29, 1.82) is 0 Å². The van der Waals surface area contributed by atoms with Crippen LogP contribution in [0.3, 0.4) is 0 Å². The van der Waals surface area contributed by atoms with Gasteiger partial charge in [-0.1, -0.05) is 6.42 Å². The lowest BCUT2D eigenvalue weighted by Gasteiger charge is -2.23. The molecule has 1 amide bonds. The molecule has 0 saturated heterocycles. The maximum atomic E-state index is 11.9. The van der Waals surface area contributed by atoms with E-state index in [1.807, 2.05) is 11.5 Å². The molecule has 0 radical (unpaired) electrons. The Bertz CT molecular complexity index is 732. The number of rotatable bonds is 5. The fourth-order valence-electron chi connectivity index (χ4n) is 2.78. The number of benzene rings is 1.